The Labute approximate surface area is 222 Å². The van der Waals surface area contributed by atoms with Crippen molar-refractivity contribution in [2.45, 2.75) is 39.8 Å². The molecule has 1 unspecified atom stereocenters. The maximum Gasteiger partial charge on any atom is 0.338 e. The number of hydrogen-bond acceptors (Lipinski definition) is 8. The molecule has 0 fully saturated rings. The zero-order valence-electron chi connectivity index (χ0n) is 21.1. The summed E-state index contributed by atoms with van der Waals surface area (Å²) in [5, 5.41) is 10.7. The second-order valence-corrected chi connectivity index (χ2v) is 10.0. The van der Waals surface area contributed by atoms with Gasteiger partial charge in [0.1, 0.15) is 5.75 Å². The number of rotatable bonds is 7. The van der Waals surface area contributed by atoms with Crippen molar-refractivity contribution in [3.8, 4) is 17.2 Å². The van der Waals surface area contributed by atoms with Crippen molar-refractivity contribution in [2.24, 2.45) is 4.99 Å². The molecule has 8 nitrogen and oxygen atoms in total. The van der Waals surface area contributed by atoms with E-state index < -0.39 is 12.0 Å². The fraction of sp³-hybridized carbons (Fsp3) is 0.296. The average Bonchev–Trinajstić information content (AvgIpc) is 3.15. The zero-order valence-corrected chi connectivity index (χ0v) is 22.6. The third kappa shape index (κ3) is 5.28. The van der Waals surface area contributed by atoms with E-state index >= 15 is 0 Å². The number of fused-ring (bicyclic) bond motifs is 1. The normalized spacial score (nSPS) is 15.4. The minimum absolute atomic E-state index is 0.0133. The van der Waals surface area contributed by atoms with Crippen LogP contribution < -0.4 is 24.4 Å². The van der Waals surface area contributed by atoms with Crippen molar-refractivity contribution in [3.05, 3.63) is 83.5 Å². The lowest BCUT2D eigenvalue weighted by molar-refractivity contribution is -0.139. The summed E-state index contributed by atoms with van der Waals surface area (Å²) in [4.78, 5) is 31.8. The maximum absolute atomic E-state index is 13.7. The highest BCUT2D eigenvalue weighted by Crippen LogP contribution is 2.36. The van der Waals surface area contributed by atoms with Crippen LogP contribution in [0.1, 0.15) is 44.9 Å². The van der Waals surface area contributed by atoms with E-state index in [4.69, 9.17) is 25.8 Å². The van der Waals surface area contributed by atoms with Crippen LogP contribution >= 0.6 is 22.9 Å². The molecule has 2 heterocycles. The Morgan fingerprint density at radius 1 is 1.24 bits per heavy atom. The Hall–Kier alpha value is -3.56. The van der Waals surface area contributed by atoms with Gasteiger partial charge in [0.25, 0.3) is 5.56 Å². The number of halogens is 1. The molecule has 4 rings (SSSR count). The van der Waals surface area contributed by atoms with Crippen LogP contribution in [0.25, 0.3) is 6.08 Å². The highest BCUT2D eigenvalue weighted by molar-refractivity contribution is 7.07. The van der Waals surface area contributed by atoms with Crippen LogP contribution in [0, 0.1) is 0 Å². The molecule has 3 aromatic rings. The Kier molecular flexibility index (Phi) is 7.75. The number of carbonyl (C=O) groups is 1. The van der Waals surface area contributed by atoms with Gasteiger partial charge in [-0.05, 0) is 69.7 Å². The summed E-state index contributed by atoms with van der Waals surface area (Å²) in [7, 11) is 1.53. The van der Waals surface area contributed by atoms with Crippen LogP contribution in [-0.4, -0.2) is 35.5 Å². The van der Waals surface area contributed by atoms with E-state index in [2.05, 4.69) is 4.99 Å². The Bertz CT molecular complexity index is 1570. The van der Waals surface area contributed by atoms with Gasteiger partial charge in [-0.3, -0.25) is 9.36 Å². The molecule has 37 heavy (non-hydrogen) atoms. The molecule has 1 atom stereocenters. The van der Waals surface area contributed by atoms with Crippen LogP contribution in [0.2, 0.25) is 5.02 Å². The number of phenols is 1. The van der Waals surface area contributed by atoms with E-state index in [-0.39, 0.29) is 29.6 Å². The number of aromatic nitrogens is 1. The van der Waals surface area contributed by atoms with E-state index in [1.54, 1.807) is 50.3 Å². The molecule has 1 aromatic heterocycles. The predicted octanol–water partition coefficient (Wildman–Crippen LogP) is 3.95. The molecule has 0 amide bonds. The SMILES string of the molecule is CCOC(=O)C1=C(C)N=c2sc(=Cc3cc(Cl)ccc3O)c(=O)n2C1c1ccc(OC(C)C)c(OC)c1. The second kappa shape index (κ2) is 10.8. The van der Waals surface area contributed by atoms with E-state index in [1.807, 2.05) is 13.8 Å². The number of allylic oxidation sites excluding steroid dienone is 1. The Morgan fingerprint density at radius 2 is 2.00 bits per heavy atom. The van der Waals surface area contributed by atoms with Gasteiger partial charge in [0.2, 0.25) is 0 Å². The summed E-state index contributed by atoms with van der Waals surface area (Å²) in [5.74, 6) is 0.441. The monoisotopic (exact) mass is 542 g/mol. The number of phenolic OH excluding ortho intramolecular Hbond substituents is 1. The summed E-state index contributed by atoms with van der Waals surface area (Å²) < 4.78 is 18.5. The molecule has 1 N–H and O–H groups in total. The van der Waals surface area contributed by atoms with Gasteiger partial charge in [-0.25, -0.2) is 9.79 Å². The third-order valence-corrected chi connectivity index (χ3v) is 6.88. The van der Waals surface area contributed by atoms with E-state index in [0.717, 1.165) is 11.3 Å². The van der Waals surface area contributed by atoms with Gasteiger partial charge in [0, 0.05) is 10.6 Å². The smallest absolute Gasteiger partial charge is 0.338 e. The van der Waals surface area contributed by atoms with Crippen molar-refractivity contribution in [3.63, 3.8) is 0 Å². The van der Waals surface area contributed by atoms with Crippen LogP contribution in [-0.2, 0) is 9.53 Å². The predicted molar refractivity (Wildman–Crippen MR) is 142 cm³/mol. The van der Waals surface area contributed by atoms with Gasteiger partial charge in [-0.15, -0.1) is 0 Å². The topological polar surface area (TPSA) is 99.4 Å². The summed E-state index contributed by atoms with van der Waals surface area (Å²) in [5.41, 5.74) is 1.36. The first-order valence-electron chi connectivity index (χ1n) is 11.7. The van der Waals surface area contributed by atoms with Crippen LogP contribution in [0.5, 0.6) is 17.2 Å². The molecule has 0 aliphatic carbocycles. The van der Waals surface area contributed by atoms with Crippen LogP contribution in [0.3, 0.4) is 0 Å². The third-order valence-electron chi connectivity index (χ3n) is 5.66. The van der Waals surface area contributed by atoms with Crippen LogP contribution in [0.4, 0.5) is 0 Å². The maximum atomic E-state index is 13.7. The number of methoxy groups -OCH3 is 1. The van der Waals surface area contributed by atoms with E-state index in [1.165, 1.54) is 17.7 Å². The first-order chi connectivity index (χ1) is 17.6. The molecule has 0 bridgehead atoms. The first-order valence-corrected chi connectivity index (χ1v) is 12.9. The molecule has 0 saturated heterocycles. The quantitative estimate of drug-likeness (QED) is 0.454. The number of ether oxygens (including phenoxy) is 3. The number of carbonyl (C=O) groups excluding carboxylic acids is 1. The number of thiazole rings is 1. The number of hydrogen-bond donors (Lipinski definition) is 1. The average molecular weight is 543 g/mol. The first kappa shape index (κ1) is 26.5. The van der Waals surface area contributed by atoms with Crippen molar-refractivity contribution in [1.29, 1.82) is 0 Å². The fourth-order valence-electron chi connectivity index (χ4n) is 4.09. The Morgan fingerprint density at radius 3 is 2.68 bits per heavy atom. The largest absolute Gasteiger partial charge is 0.507 e. The summed E-state index contributed by atoms with van der Waals surface area (Å²) in [6.07, 6.45) is 1.49. The lowest BCUT2D eigenvalue weighted by Crippen LogP contribution is -2.40. The van der Waals surface area contributed by atoms with Crippen molar-refractivity contribution in [2.75, 3.05) is 13.7 Å². The molecule has 194 valence electrons. The second-order valence-electron chi connectivity index (χ2n) is 8.58. The Balaban J connectivity index is 1.96. The van der Waals surface area contributed by atoms with Crippen molar-refractivity contribution in [1.82, 2.24) is 4.57 Å². The van der Waals surface area contributed by atoms with Crippen molar-refractivity contribution >= 4 is 35.0 Å². The van der Waals surface area contributed by atoms with Gasteiger partial charge in [-0.1, -0.05) is 29.0 Å². The van der Waals surface area contributed by atoms with Gasteiger partial charge in [0.05, 0.1) is 41.7 Å². The lowest BCUT2D eigenvalue weighted by Gasteiger charge is -2.25. The van der Waals surface area contributed by atoms with Crippen LogP contribution in [0.15, 0.2) is 57.5 Å². The molecular weight excluding hydrogens is 516 g/mol. The molecule has 1 aliphatic heterocycles. The van der Waals surface area contributed by atoms with Crippen molar-refractivity contribution < 1.29 is 24.1 Å². The van der Waals surface area contributed by atoms with E-state index in [0.29, 0.717) is 42.7 Å². The summed E-state index contributed by atoms with van der Waals surface area (Å²) in [6, 6.07) is 9.08. The number of esters is 1. The number of nitrogens with zero attached hydrogens (tertiary/aromatic N) is 2. The number of aromatic hydroxyl groups is 1. The van der Waals surface area contributed by atoms with Gasteiger partial charge in [-0.2, -0.15) is 0 Å². The minimum Gasteiger partial charge on any atom is -0.507 e. The summed E-state index contributed by atoms with van der Waals surface area (Å²) >= 11 is 7.25. The van der Waals surface area contributed by atoms with Gasteiger partial charge < -0.3 is 19.3 Å². The highest BCUT2D eigenvalue weighted by atomic mass is 35.5. The molecule has 1 aliphatic rings. The standard InChI is InChI=1S/C27H27ClN2O6S/c1-6-35-26(33)23-15(4)29-27-30(24(23)16-7-10-20(36-14(2)3)21(12-16)34-5)25(32)22(37-27)13-17-11-18(28)8-9-19(17)31/h7-14,24,31H,6H2,1-5H3. The molecular formula is C27H27ClN2O6S. The lowest BCUT2D eigenvalue weighted by atomic mass is 9.95. The van der Waals surface area contributed by atoms with Gasteiger partial charge in [0.15, 0.2) is 16.3 Å². The fourth-order valence-corrected chi connectivity index (χ4v) is 5.31. The summed E-state index contributed by atoms with van der Waals surface area (Å²) in [6.45, 7) is 7.43. The molecule has 0 spiro atoms. The van der Waals surface area contributed by atoms with Gasteiger partial charge >= 0.3 is 5.97 Å². The highest BCUT2D eigenvalue weighted by Gasteiger charge is 2.34. The molecule has 0 radical (unpaired) electrons. The minimum atomic E-state index is -0.813. The zero-order chi connectivity index (χ0) is 26.9. The molecule has 2 aromatic carbocycles. The molecule has 10 heteroatoms. The molecule has 0 saturated carbocycles. The number of benzene rings is 2. The van der Waals surface area contributed by atoms with E-state index in [9.17, 15) is 14.7 Å².